The Hall–Kier alpha value is -3.67. The molecule has 0 heterocycles. The van der Waals surface area contributed by atoms with Gasteiger partial charge >= 0.3 is 17.9 Å². The normalized spacial score (nSPS) is 12.9. The number of hydrogen-bond acceptors (Lipinski definition) is 6. The third kappa shape index (κ3) is 49.2. The molecule has 0 aliphatic rings. The minimum Gasteiger partial charge on any atom is -0.462 e. The molecule has 0 amide bonds. The summed E-state index contributed by atoms with van der Waals surface area (Å²) in [7, 11) is 0. The molecule has 0 saturated carbocycles. The van der Waals surface area contributed by atoms with Crippen LogP contribution in [0.25, 0.3) is 0 Å². The summed E-state index contributed by atoms with van der Waals surface area (Å²) in [5.41, 5.74) is 0. The molecule has 0 aromatic heterocycles. The molecule has 6 nitrogen and oxygen atoms in total. The SMILES string of the molecule is CC\C=C/C=C\C=C/C=C\CCCCCC(=O)OCC(COC(=O)CCCCCCCCC/C=C\CCCCCCCC)OC(=O)CCCCCCCCC\C=C/C=C\C=C/CC. The highest BCUT2D eigenvalue weighted by atomic mass is 16.6. The lowest BCUT2D eigenvalue weighted by molar-refractivity contribution is -0.167. The van der Waals surface area contributed by atoms with Crippen molar-refractivity contribution in [2.75, 3.05) is 13.2 Å². The maximum atomic E-state index is 12.8. The van der Waals surface area contributed by atoms with Gasteiger partial charge in [-0.15, -0.1) is 0 Å². The second-order valence-corrected chi connectivity index (χ2v) is 16.8. The van der Waals surface area contributed by atoms with E-state index in [0.29, 0.717) is 19.3 Å². The van der Waals surface area contributed by atoms with E-state index in [0.717, 1.165) is 89.9 Å². The Balaban J connectivity index is 4.45. The number of carbonyl (C=O) groups excluding carboxylic acids is 3. The maximum absolute atomic E-state index is 12.8. The fraction of sp³-hybridized carbons (Fsp3) is 0.667. The van der Waals surface area contributed by atoms with Crippen LogP contribution in [-0.4, -0.2) is 37.2 Å². The van der Waals surface area contributed by atoms with Crippen molar-refractivity contribution in [1.82, 2.24) is 0 Å². The maximum Gasteiger partial charge on any atom is 0.306 e. The number of esters is 3. The van der Waals surface area contributed by atoms with Gasteiger partial charge in [0.15, 0.2) is 6.10 Å². The standard InChI is InChI=1S/C57H94O6/c1-4-7-10-13-16-19-22-25-27-28-30-32-35-38-41-44-47-50-56(59)62-53-54(52-61-55(58)49-46-43-40-37-34-31-24-21-18-15-12-9-6-3)63-57(60)51-48-45-42-39-36-33-29-26-23-20-17-14-11-8-5-2/h8-9,11-12,14-15,17-18,20-21,23-25,27,31,34,54H,4-7,10,13,16,19,22,26,28-30,32-33,35-53H2,1-3H3/b11-8-,12-9-,17-14-,18-15-,23-20-,24-21-,27-25-,34-31-. The van der Waals surface area contributed by atoms with Crippen LogP contribution in [0, 0.1) is 0 Å². The summed E-state index contributed by atoms with van der Waals surface area (Å²) in [6.07, 6.45) is 66.8. The molecule has 0 aromatic rings. The summed E-state index contributed by atoms with van der Waals surface area (Å²) in [6.45, 7) is 6.31. The van der Waals surface area contributed by atoms with Crippen LogP contribution in [0.2, 0.25) is 0 Å². The van der Waals surface area contributed by atoms with Crippen molar-refractivity contribution in [1.29, 1.82) is 0 Å². The molecule has 0 aromatic carbocycles. The lowest BCUT2D eigenvalue weighted by Crippen LogP contribution is -2.30. The van der Waals surface area contributed by atoms with Gasteiger partial charge in [-0.25, -0.2) is 0 Å². The molecule has 0 N–H and O–H groups in total. The van der Waals surface area contributed by atoms with Crippen molar-refractivity contribution in [2.45, 2.75) is 232 Å². The molecule has 0 rings (SSSR count). The van der Waals surface area contributed by atoms with Crippen LogP contribution in [0.1, 0.15) is 226 Å². The Kier molecular flexibility index (Phi) is 48.0. The molecule has 6 heteroatoms. The third-order valence-electron chi connectivity index (χ3n) is 10.7. The highest BCUT2D eigenvalue weighted by Gasteiger charge is 2.19. The van der Waals surface area contributed by atoms with E-state index >= 15 is 0 Å². The van der Waals surface area contributed by atoms with Crippen molar-refractivity contribution in [3.63, 3.8) is 0 Å². The van der Waals surface area contributed by atoms with Crippen LogP contribution < -0.4 is 0 Å². The molecule has 0 aliphatic heterocycles. The largest absolute Gasteiger partial charge is 0.462 e. The monoisotopic (exact) mass is 875 g/mol. The van der Waals surface area contributed by atoms with Gasteiger partial charge in [0, 0.05) is 19.3 Å². The predicted molar refractivity (Wildman–Crippen MR) is 270 cm³/mol. The molecule has 1 atom stereocenters. The summed E-state index contributed by atoms with van der Waals surface area (Å²) in [5, 5.41) is 0. The van der Waals surface area contributed by atoms with Crippen molar-refractivity contribution in [2.24, 2.45) is 0 Å². The first kappa shape index (κ1) is 59.3. The van der Waals surface area contributed by atoms with Crippen LogP contribution in [-0.2, 0) is 28.6 Å². The second-order valence-electron chi connectivity index (χ2n) is 16.8. The Morgan fingerprint density at radius 3 is 1.03 bits per heavy atom. The molecule has 0 aliphatic carbocycles. The first-order valence-electron chi connectivity index (χ1n) is 25.8. The van der Waals surface area contributed by atoms with E-state index in [1.807, 2.05) is 36.5 Å². The summed E-state index contributed by atoms with van der Waals surface area (Å²) in [6, 6.07) is 0. The molecular weight excluding hydrogens is 781 g/mol. The summed E-state index contributed by atoms with van der Waals surface area (Å²) in [5.74, 6) is -0.958. The molecule has 0 saturated heterocycles. The zero-order valence-corrected chi connectivity index (χ0v) is 40.8. The molecule has 63 heavy (non-hydrogen) atoms. The predicted octanol–water partition coefficient (Wildman–Crippen LogP) is 17.0. The minimum atomic E-state index is -0.802. The fourth-order valence-electron chi connectivity index (χ4n) is 6.86. The number of ether oxygens (including phenoxy) is 3. The first-order chi connectivity index (χ1) is 31.0. The van der Waals surface area contributed by atoms with E-state index in [1.165, 1.54) is 96.3 Å². The lowest BCUT2D eigenvalue weighted by Gasteiger charge is -2.18. The molecule has 0 bridgehead atoms. The van der Waals surface area contributed by atoms with E-state index in [4.69, 9.17) is 14.2 Å². The molecule has 0 radical (unpaired) electrons. The van der Waals surface area contributed by atoms with Gasteiger partial charge in [0.1, 0.15) is 13.2 Å². The molecule has 0 spiro atoms. The molecular formula is C57H94O6. The van der Waals surface area contributed by atoms with Crippen LogP contribution in [0.3, 0.4) is 0 Å². The van der Waals surface area contributed by atoms with E-state index in [2.05, 4.69) is 81.5 Å². The number of rotatable bonds is 45. The Morgan fingerprint density at radius 2 is 0.635 bits per heavy atom. The van der Waals surface area contributed by atoms with Crippen LogP contribution >= 0.6 is 0 Å². The highest BCUT2D eigenvalue weighted by Crippen LogP contribution is 2.14. The number of allylic oxidation sites excluding steroid dienone is 16. The van der Waals surface area contributed by atoms with Crippen molar-refractivity contribution in [3.05, 3.63) is 97.2 Å². The Bertz CT molecular complexity index is 1280. The van der Waals surface area contributed by atoms with Crippen molar-refractivity contribution >= 4 is 17.9 Å². The summed E-state index contributed by atoms with van der Waals surface area (Å²) in [4.78, 5) is 38.0. The van der Waals surface area contributed by atoms with Gasteiger partial charge in [0.25, 0.3) is 0 Å². The van der Waals surface area contributed by atoms with E-state index in [-0.39, 0.29) is 31.1 Å². The average Bonchev–Trinajstić information content (AvgIpc) is 3.28. The molecule has 358 valence electrons. The fourth-order valence-corrected chi connectivity index (χ4v) is 6.86. The lowest BCUT2D eigenvalue weighted by atomic mass is 10.1. The van der Waals surface area contributed by atoms with Crippen LogP contribution in [0.4, 0.5) is 0 Å². The Morgan fingerprint density at radius 1 is 0.333 bits per heavy atom. The number of hydrogen-bond donors (Lipinski definition) is 0. The quantitative estimate of drug-likeness (QED) is 0.0199. The highest BCUT2D eigenvalue weighted by molar-refractivity contribution is 5.71. The first-order valence-corrected chi connectivity index (χ1v) is 25.8. The third-order valence-corrected chi connectivity index (χ3v) is 10.7. The van der Waals surface area contributed by atoms with Gasteiger partial charge in [-0.3, -0.25) is 14.4 Å². The summed E-state index contributed by atoms with van der Waals surface area (Å²) >= 11 is 0. The van der Waals surface area contributed by atoms with Gasteiger partial charge in [-0.05, 0) is 83.5 Å². The van der Waals surface area contributed by atoms with E-state index < -0.39 is 6.10 Å². The molecule has 1 unspecified atom stereocenters. The van der Waals surface area contributed by atoms with E-state index in [1.54, 1.807) is 0 Å². The van der Waals surface area contributed by atoms with Gasteiger partial charge in [-0.2, -0.15) is 0 Å². The van der Waals surface area contributed by atoms with Gasteiger partial charge < -0.3 is 14.2 Å². The zero-order chi connectivity index (χ0) is 45.8. The van der Waals surface area contributed by atoms with Crippen LogP contribution in [0.5, 0.6) is 0 Å². The van der Waals surface area contributed by atoms with Gasteiger partial charge in [0.05, 0.1) is 0 Å². The zero-order valence-electron chi connectivity index (χ0n) is 40.8. The van der Waals surface area contributed by atoms with Gasteiger partial charge in [-0.1, -0.05) is 221 Å². The van der Waals surface area contributed by atoms with E-state index in [9.17, 15) is 14.4 Å². The summed E-state index contributed by atoms with van der Waals surface area (Å²) < 4.78 is 16.8. The average molecular weight is 875 g/mol. The van der Waals surface area contributed by atoms with Crippen molar-refractivity contribution < 1.29 is 28.6 Å². The topological polar surface area (TPSA) is 78.9 Å². The van der Waals surface area contributed by atoms with Gasteiger partial charge in [0.2, 0.25) is 0 Å². The second kappa shape index (κ2) is 51.0. The number of unbranched alkanes of at least 4 members (excludes halogenated alkanes) is 23. The van der Waals surface area contributed by atoms with Crippen LogP contribution in [0.15, 0.2) is 97.2 Å². The Labute approximate surface area is 387 Å². The van der Waals surface area contributed by atoms with Crippen molar-refractivity contribution in [3.8, 4) is 0 Å². The smallest absolute Gasteiger partial charge is 0.306 e. The molecule has 0 fully saturated rings. The number of carbonyl (C=O) groups is 3. The minimum absolute atomic E-state index is 0.0986.